The zero-order valence-electron chi connectivity index (χ0n) is 21.4. The minimum absolute atomic E-state index is 0.0113. The van der Waals surface area contributed by atoms with Gasteiger partial charge < -0.3 is 10.2 Å². The lowest BCUT2D eigenvalue weighted by Crippen LogP contribution is -2.65. The van der Waals surface area contributed by atoms with Gasteiger partial charge in [-0.1, -0.05) is 59.6 Å². The first-order valence-electron chi connectivity index (χ1n) is 13.3. The van der Waals surface area contributed by atoms with E-state index in [0.717, 1.165) is 12.8 Å². The number of hydrogen-bond acceptors (Lipinski definition) is 2. The largest absolute Gasteiger partial charge is 0.393 e. The highest BCUT2D eigenvalue weighted by Gasteiger charge is 2.68. The van der Waals surface area contributed by atoms with Crippen LogP contribution in [0, 0.1) is 44.8 Å². The highest BCUT2D eigenvalue weighted by Crippen LogP contribution is 2.75. The summed E-state index contributed by atoms with van der Waals surface area (Å²) in [5.74, 6) is 1.60. The van der Waals surface area contributed by atoms with Gasteiger partial charge in [-0.15, -0.1) is 0 Å². The molecule has 31 heavy (non-hydrogen) atoms. The molecule has 5 rings (SSSR count). The van der Waals surface area contributed by atoms with Gasteiger partial charge in [0.25, 0.3) is 0 Å². The van der Waals surface area contributed by atoms with E-state index in [1.165, 1.54) is 51.4 Å². The highest BCUT2D eigenvalue weighted by atomic mass is 16.3. The molecule has 2 heteroatoms. The maximum absolute atomic E-state index is 11.6. The predicted octanol–water partition coefficient (Wildman–Crippen LogP) is 6.89. The molecule has 5 aliphatic rings. The molecule has 0 aliphatic heterocycles. The summed E-state index contributed by atoms with van der Waals surface area (Å²) in [4.78, 5) is 0. The van der Waals surface area contributed by atoms with E-state index in [-0.39, 0.29) is 27.8 Å². The van der Waals surface area contributed by atoms with E-state index in [9.17, 15) is 10.2 Å². The van der Waals surface area contributed by atoms with Crippen LogP contribution in [-0.4, -0.2) is 21.9 Å². The second kappa shape index (κ2) is 6.41. The molecule has 0 amide bonds. The zero-order valence-corrected chi connectivity index (χ0v) is 21.4. The van der Waals surface area contributed by atoms with Crippen molar-refractivity contribution < 1.29 is 10.2 Å². The molecule has 0 aromatic rings. The third-order valence-corrected chi connectivity index (χ3v) is 12.8. The SMILES string of the molecule is CC1(C)C(O)CC[C@@]2(C)C1CC[C@]1(C)[C@@H]2CC=C2[C@H]3[C@](C)(CCC[C@@]3(C)O)CC[C@]21C. The van der Waals surface area contributed by atoms with Crippen LogP contribution >= 0.6 is 0 Å². The van der Waals surface area contributed by atoms with Gasteiger partial charge in [-0.05, 0) is 104 Å². The smallest absolute Gasteiger partial charge is 0.0690 e. The van der Waals surface area contributed by atoms with Gasteiger partial charge in [-0.2, -0.15) is 0 Å². The topological polar surface area (TPSA) is 40.5 Å². The van der Waals surface area contributed by atoms with Gasteiger partial charge in [0.05, 0.1) is 11.7 Å². The summed E-state index contributed by atoms with van der Waals surface area (Å²) in [6.07, 6.45) is 14.2. The lowest BCUT2D eigenvalue weighted by molar-refractivity contribution is -0.208. The summed E-state index contributed by atoms with van der Waals surface area (Å²) in [6.45, 7) is 17.1. The van der Waals surface area contributed by atoms with Crippen LogP contribution < -0.4 is 0 Å². The summed E-state index contributed by atoms with van der Waals surface area (Å²) in [5.41, 5.74) is 2.11. The van der Waals surface area contributed by atoms with E-state index in [4.69, 9.17) is 0 Å². The van der Waals surface area contributed by atoms with Crippen LogP contribution in [0.2, 0.25) is 0 Å². The van der Waals surface area contributed by atoms with Crippen molar-refractivity contribution in [3.63, 3.8) is 0 Å². The van der Waals surface area contributed by atoms with Crippen LogP contribution in [0.5, 0.6) is 0 Å². The number of fused-ring (bicyclic) bond motifs is 7. The first-order valence-corrected chi connectivity index (χ1v) is 13.3. The summed E-state index contributed by atoms with van der Waals surface area (Å²) >= 11 is 0. The third-order valence-electron chi connectivity index (χ3n) is 12.8. The molecule has 2 unspecified atom stereocenters. The van der Waals surface area contributed by atoms with E-state index in [2.05, 4.69) is 54.5 Å². The molecule has 4 fully saturated rings. The Balaban J connectivity index is 1.61. The average Bonchev–Trinajstić information content (AvgIpc) is 2.65. The van der Waals surface area contributed by atoms with Crippen molar-refractivity contribution in [2.24, 2.45) is 44.8 Å². The number of aliphatic hydroxyl groups excluding tert-OH is 1. The van der Waals surface area contributed by atoms with E-state index in [1.54, 1.807) is 5.57 Å². The van der Waals surface area contributed by atoms with E-state index < -0.39 is 5.60 Å². The standard InChI is InChI=1S/C29H48O2/c1-24(2)20-11-16-28(6)21(26(20,4)15-12-22(24)30)10-9-19-23-25(3,17-18-27(19,28)5)13-8-14-29(23,7)31/h9,20-23,30-31H,8,10-18H2,1-7H3/t20?,21-,22?,23+,25-,26+,27-,28-,29-/m1/s1. The van der Waals surface area contributed by atoms with Gasteiger partial charge in [0.1, 0.15) is 0 Å². The van der Waals surface area contributed by atoms with Crippen molar-refractivity contribution in [1.82, 2.24) is 0 Å². The molecule has 9 atom stereocenters. The van der Waals surface area contributed by atoms with Gasteiger partial charge in [-0.25, -0.2) is 0 Å². The molecule has 0 saturated heterocycles. The number of aliphatic hydroxyl groups is 2. The fraction of sp³-hybridized carbons (Fsp3) is 0.931. The maximum Gasteiger partial charge on any atom is 0.0690 e. The van der Waals surface area contributed by atoms with Gasteiger partial charge in [0.15, 0.2) is 0 Å². The Morgan fingerprint density at radius 2 is 1.52 bits per heavy atom. The van der Waals surface area contributed by atoms with Gasteiger partial charge in [0.2, 0.25) is 0 Å². The quantitative estimate of drug-likeness (QED) is 0.412. The molecule has 5 aliphatic carbocycles. The van der Waals surface area contributed by atoms with Crippen LogP contribution in [0.25, 0.3) is 0 Å². The maximum atomic E-state index is 11.6. The first-order chi connectivity index (χ1) is 14.2. The second-order valence-corrected chi connectivity index (χ2v) is 14.5. The molecule has 0 bridgehead atoms. The second-order valence-electron chi connectivity index (χ2n) is 14.5. The molecule has 0 spiro atoms. The molecule has 2 N–H and O–H groups in total. The molecular formula is C29H48O2. The Bertz CT molecular complexity index is 795. The minimum Gasteiger partial charge on any atom is -0.393 e. The van der Waals surface area contributed by atoms with Crippen molar-refractivity contribution in [2.45, 2.75) is 124 Å². The van der Waals surface area contributed by atoms with Crippen molar-refractivity contribution in [3.05, 3.63) is 11.6 Å². The molecular weight excluding hydrogens is 380 g/mol. The van der Waals surface area contributed by atoms with Crippen LogP contribution in [0.4, 0.5) is 0 Å². The molecule has 2 nitrogen and oxygen atoms in total. The lowest BCUT2D eigenvalue weighted by Gasteiger charge is -2.71. The fourth-order valence-electron chi connectivity index (χ4n) is 10.8. The Morgan fingerprint density at radius 3 is 2.23 bits per heavy atom. The first kappa shape index (κ1) is 22.5. The molecule has 0 aromatic carbocycles. The minimum atomic E-state index is -0.568. The molecule has 176 valence electrons. The number of hydrogen-bond donors (Lipinski definition) is 2. The van der Waals surface area contributed by atoms with Gasteiger partial charge in [-0.3, -0.25) is 0 Å². The van der Waals surface area contributed by atoms with E-state index in [1.807, 2.05) is 0 Å². The fourth-order valence-corrected chi connectivity index (χ4v) is 10.8. The Morgan fingerprint density at radius 1 is 0.806 bits per heavy atom. The Kier molecular flexibility index (Phi) is 4.64. The zero-order chi connectivity index (χ0) is 22.7. The van der Waals surface area contributed by atoms with E-state index >= 15 is 0 Å². The normalized spacial score (nSPS) is 58.3. The molecule has 0 aromatic heterocycles. The van der Waals surface area contributed by atoms with Gasteiger partial charge in [0, 0.05) is 5.92 Å². The summed E-state index contributed by atoms with van der Waals surface area (Å²) in [7, 11) is 0. The third kappa shape index (κ3) is 2.64. The number of rotatable bonds is 0. The van der Waals surface area contributed by atoms with E-state index in [0.29, 0.717) is 23.2 Å². The summed E-state index contributed by atoms with van der Waals surface area (Å²) in [5, 5.41) is 22.5. The van der Waals surface area contributed by atoms with Crippen LogP contribution in [0.1, 0.15) is 113 Å². The molecule has 4 saturated carbocycles. The van der Waals surface area contributed by atoms with Crippen LogP contribution in [-0.2, 0) is 0 Å². The highest BCUT2D eigenvalue weighted by molar-refractivity contribution is 5.35. The predicted molar refractivity (Wildman–Crippen MR) is 128 cm³/mol. The van der Waals surface area contributed by atoms with Crippen molar-refractivity contribution >= 4 is 0 Å². The van der Waals surface area contributed by atoms with Crippen LogP contribution in [0.15, 0.2) is 11.6 Å². The molecule has 0 radical (unpaired) electrons. The monoisotopic (exact) mass is 428 g/mol. The Hall–Kier alpha value is -0.340. The van der Waals surface area contributed by atoms with Gasteiger partial charge >= 0.3 is 0 Å². The summed E-state index contributed by atoms with van der Waals surface area (Å²) < 4.78 is 0. The van der Waals surface area contributed by atoms with Crippen LogP contribution in [0.3, 0.4) is 0 Å². The average molecular weight is 429 g/mol. The van der Waals surface area contributed by atoms with Crippen molar-refractivity contribution in [3.8, 4) is 0 Å². The number of allylic oxidation sites excluding steroid dienone is 1. The lowest BCUT2D eigenvalue weighted by atomic mass is 9.33. The Labute approximate surface area is 191 Å². The van der Waals surface area contributed by atoms with Crippen molar-refractivity contribution in [1.29, 1.82) is 0 Å². The van der Waals surface area contributed by atoms with Crippen molar-refractivity contribution in [2.75, 3.05) is 0 Å². The summed E-state index contributed by atoms with van der Waals surface area (Å²) in [6, 6.07) is 0. The molecule has 0 heterocycles.